The molecule has 1 heterocycles. The van der Waals surface area contributed by atoms with Crippen molar-refractivity contribution in [2.24, 2.45) is 5.10 Å². The van der Waals surface area contributed by atoms with Gasteiger partial charge in [0, 0.05) is 6.54 Å². The molecule has 1 aromatic carbocycles. The van der Waals surface area contributed by atoms with Crippen molar-refractivity contribution in [3.05, 3.63) is 35.3 Å². The number of hydrogen-bond acceptors (Lipinski definition) is 4. The number of nitrogens with one attached hydrogen (secondary N) is 2. The van der Waals surface area contributed by atoms with Crippen molar-refractivity contribution >= 4 is 17.6 Å². The maximum absolute atomic E-state index is 11.6. The predicted octanol–water partition coefficient (Wildman–Crippen LogP) is 2.75. The van der Waals surface area contributed by atoms with Crippen LogP contribution in [0.5, 0.6) is 5.75 Å². The monoisotopic (exact) mass is 302 g/mol. The molecule has 0 radical (unpaired) electrons. The molecule has 0 bridgehead atoms. The van der Waals surface area contributed by atoms with E-state index in [1.165, 1.54) is 0 Å². The zero-order valence-electron chi connectivity index (χ0n) is 12.8. The smallest absolute Gasteiger partial charge is 0.407 e. The van der Waals surface area contributed by atoms with E-state index < -0.39 is 11.7 Å². The maximum Gasteiger partial charge on any atom is 0.407 e. The summed E-state index contributed by atoms with van der Waals surface area (Å²) in [6.07, 6.45) is -0.468. The fourth-order valence-corrected chi connectivity index (χ4v) is 1.85. The molecule has 2 rings (SSSR count). The van der Waals surface area contributed by atoms with Crippen LogP contribution in [0.25, 0.3) is 4.95 Å². The van der Waals surface area contributed by atoms with Gasteiger partial charge in [-0.3, -0.25) is 0 Å². The topological polar surface area (TPSA) is 76.3 Å². The van der Waals surface area contributed by atoms with Gasteiger partial charge in [-0.2, -0.15) is 6.57 Å². The number of amidine groups is 1. The van der Waals surface area contributed by atoms with Crippen molar-refractivity contribution in [1.29, 1.82) is 0 Å². The lowest BCUT2D eigenvalue weighted by Gasteiger charge is -2.21. The summed E-state index contributed by atoms with van der Waals surface area (Å²) in [5, 5.41) is 9.33. The molecule has 116 valence electrons. The van der Waals surface area contributed by atoms with Crippen LogP contribution in [0.3, 0.4) is 0 Å². The van der Waals surface area contributed by atoms with E-state index >= 15 is 0 Å². The van der Waals surface area contributed by atoms with Crippen molar-refractivity contribution < 1.29 is 14.3 Å². The van der Waals surface area contributed by atoms with Gasteiger partial charge in [-0.25, -0.2) is 4.79 Å². The second kappa shape index (κ2) is 6.35. The number of hydrogen-bond donors (Lipinski definition) is 2. The lowest BCUT2D eigenvalue weighted by molar-refractivity contribution is 0.0523. The summed E-state index contributed by atoms with van der Waals surface area (Å²) >= 11 is 0. The normalized spacial score (nSPS) is 15.1. The first kappa shape index (κ1) is 15.6. The zero-order valence-corrected chi connectivity index (χ0v) is 12.8. The molecule has 1 aliphatic heterocycles. The number of nitrogens with zero attached hydrogens (tertiary/aromatic N) is 2. The first-order valence-electron chi connectivity index (χ1n) is 6.80. The van der Waals surface area contributed by atoms with Crippen molar-refractivity contribution in [2.75, 3.05) is 11.9 Å². The second-order valence-electron chi connectivity index (χ2n) is 5.75. The van der Waals surface area contributed by atoms with Crippen LogP contribution in [0.4, 0.5) is 10.5 Å². The van der Waals surface area contributed by atoms with Gasteiger partial charge in [0.25, 0.3) is 0 Å². The van der Waals surface area contributed by atoms with E-state index in [0.717, 1.165) is 11.3 Å². The zero-order chi connectivity index (χ0) is 16.2. The van der Waals surface area contributed by atoms with Gasteiger partial charge in [0.05, 0.1) is 5.69 Å². The highest BCUT2D eigenvalue weighted by molar-refractivity contribution is 5.99. The maximum atomic E-state index is 11.6. The third kappa shape index (κ3) is 4.38. The molecule has 0 spiro atoms. The van der Waals surface area contributed by atoms with Crippen LogP contribution in [0, 0.1) is 6.57 Å². The summed E-state index contributed by atoms with van der Waals surface area (Å²) in [5.41, 5.74) is 1.07. The van der Waals surface area contributed by atoms with Crippen molar-refractivity contribution in [1.82, 2.24) is 5.32 Å². The fourth-order valence-electron chi connectivity index (χ4n) is 1.85. The Hall–Kier alpha value is -2.75. The summed E-state index contributed by atoms with van der Waals surface area (Å²) in [6, 6.07) is 5.50. The highest BCUT2D eigenvalue weighted by Crippen LogP contribution is 2.28. The van der Waals surface area contributed by atoms with E-state index in [9.17, 15) is 4.79 Å². The largest absolute Gasteiger partial charge is 0.483 e. The highest BCUT2D eigenvalue weighted by Gasteiger charge is 2.18. The molecule has 1 aliphatic rings. The fraction of sp³-hybridized carbons (Fsp3) is 0.400. The van der Waals surface area contributed by atoms with Gasteiger partial charge in [0.15, 0.2) is 6.61 Å². The molecular formula is C15H18N4O3. The van der Waals surface area contributed by atoms with E-state index in [0.29, 0.717) is 18.1 Å². The SMILES string of the molecule is [C-]#[N+]N=C1COc2ccc(CNC(=O)OC(C)(C)C)cc2N1. The van der Waals surface area contributed by atoms with E-state index in [1.54, 1.807) is 0 Å². The first-order chi connectivity index (χ1) is 10.4. The Morgan fingerprint density at radius 1 is 1.55 bits per heavy atom. The molecule has 1 aromatic rings. The molecule has 1 amide bonds. The number of rotatable bonds is 2. The van der Waals surface area contributed by atoms with Crippen LogP contribution < -0.4 is 15.4 Å². The Kier molecular flexibility index (Phi) is 4.51. The summed E-state index contributed by atoms with van der Waals surface area (Å²) in [4.78, 5) is 14.6. The van der Waals surface area contributed by atoms with E-state index in [2.05, 4.69) is 20.7 Å². The van der Waals surface area contributed by atoms with Crippen LogP contribution in [-0.4, -0.2) is 24.1 Å². The summed E-state index contributed by atoms with van der Waals surface area (Å²) < 4.78 is 10.7. The average molecular weight is 302 g/mol. The molecule has 7 heteroatoms. The van der Waals surface area contributed by atoms with Crippen molar-refractivity contribution in [2.45, 2.75) is 32.9 Å². The van der Waals surface area contributed by atoms with E-state index in [-0.39, 0.29) is 6.61 Å². The third-order valence-corrected chi connectivity index (χ3v) is 2.69. The standard InChI is InChI=1S/C15H18N4O3/c1-15(2,3)22-14(20)17-8-10-5-6-12-11(7-10)18-13(9-21-12)19-16-4/h5-7H,8-9H2,1-3H3,(H,17,20)(H,18,19). The molecule has 22 heavy (non-hydrogen) atoms. The van der Waals surface area contributed by atoms with Gasteiger partial charge >= 0.3 is 6.09 Å². The molecule has 0 saturated heterocycles. The van der Waals surface area contributed by atoms with Crippen LogP contribution in [0.2, 0.25) is 0 Å². The van der Waals surface area contributed by atoms with Gasteiger partial charge in [-0.05, 0) is 38.5 Å². The number of carbonyl (C=O) groups is 1. The lowest BCUT2D eigenvalue weighted by atomic mass is 10.1. The molecule has 0 aliphatic carbocycles. The van der Waals surface area contributed by atoms with Crippen molar-refractivity contribution in [3.8, 4) is 5.75 Å². The number of ether oxygens (including phenoxy) is 2. The first-order valence-corrected chi connectivity index (χ1v) is 6.80. The van der Waals surface area contributed by atoms with Gasteiger partial charge < -0.3 is 20.1 Å². The Morgan fingerprint density at radius 3 is 3.00 bits per heavy atom. The summed E-state index contributed by atoms with van der Waals surface area (Å²) in [5.74, 6) is 1.14. The Bertz CT molecular complexity index is 641. The van der Waals surface area contributed by atoms with Crippen LogP contribution >= 0.6 is 0 Å². The number of anilines is 1. The van der Waals surface area contributed by atoms with Crippen molar-refractivity contribution in [3.63, 3.8) is 0 Å². The Morgan fingerprint density at radius 2 is 2.32 bits per heavy atom. The minimum Gasteiger partial charge on any atom is -0.483 e. The van der Waals surface area contributed by atoms with Gasteiger partial charge in [0.1, 0.15) is 16.5 Å². The number of amides is 1. The number of alkyl carbamates (subject to hydrolysis) is 1. The molecule has 0 aromatic heterocycles. The van der Waals surface area contributed by atoms with Gasteiger partial charge in [-0.1, -0.05) is 6.07 Å². The minimum atomic E-state index is -0.527. The quantitative estimate of drug-likeness (QED) is 0.650. The Labute approximate surface area is 129 Å². The second-order valence-corrected chi connectivity index (χ2v) is 5.75. The molecular weight excluding hydrogens is 284 g/mol. The summed E-state index contributed by atoms with van der Waals surface area (Å²) in [7, 11) is 0. The van der Waals surface area contributed by atoms with Crippen LogP contribution in [-0.2, 0) is 11.3 Å². The molecule has 0 unspecified atom stereocenters. The summed E-state index contributed by atoms with van der Waals surface area (Å²) in [6.45, 7) is 12.7. The molecule has 0 atom stereocenters. The highest BCUT2D eigenvalue weighted by atomic mass is 16.6. The lowest BCUT2D eigenvalue weighted by Crippen LogP contribution is -2.32. The Balaban J connectivity index is 2.00. The van der Waals surface area contributed by atoms with Crippen LogP contribution in [0.15, 0.2) is 23.3 Å². The molecule has 0 saturated carbocycles. The number of benzene rings is 1. The van der Waals surface area contributed by atoms with Gasteiger partial charge in [0.2, 0.25) is 5.84 Å². The molecule has 2 N–H and O–H groups in total. The van der Waals surface area contributed by atoms with E-state index in [4.69, 9.17) is 16.0 Å². The molecule has 7 nitrogen and oxygen atoms in total. The predicted molar refractivity (Wildman–Crippen MR) is 82.7 cm³/mol. The number of carbonyl (C=O) groups excluding carboxylic acids is 1. The minimum absolute atomic E-state index is 0.241. The van der Waals surface area contributed by atoms with Gasteiger partial charge in [-0.15, -0.1) is 4.95 Å². The third-order valence-electron chi connectivity index (χ3n) is 2.69. The molecule has 0 fully saturated rings. The average Bonchev–Trinajstić information content (AvgIpc) is 2.43. The van der Waals surface area contributed by atoms with Crippen LogP contribution in [0.1, 0.15) is 26.3 Å². The van der Waals surface area contributed by atoms with E-state index in [1.807, 2.05) is 39.0 Å². The number of fused-ring (bicyclic) bond motifs is 1.